The highest BCUT2D eigenvalue weighted by Gasteiger charge is 2.35. The van der Waals surface area contributed by atoms with Crippen LogP contribution in [0.1, 0.15) is 56.6 Å². The number of aromatic nitrogens is 2. The summed E-state index contributed by atoms with van der Waals surface area (Å²) in [4.78, 5) is 17.3. The molecule has 0 radical (unpaired) electrons. The molecule has 1 saturated carbocycles. The highest BCUT2D eigenvalue weighted by Crippen LogP contribution is 2.44. The predicted molar refractivity (Wildman–Crippen MR) is 107 cm³/mol. The van der Waals surface area contributed by atoms with Crippen LogP contribution in [0.5, 0.6) is 0 Å². The van der Waals surface area contributed by atoms with Crippen molar-refractivity contribution in [2.75, 3.05) is 0 Å². The number of allylic oxidation sites excluding steroid dienone is 4. The van der Waals surface area contributed by atoms with Gasteiger partial charge in [0.2, 0.25) is 0 Å². The standard InChI is InChI=1S/C24H25FN2O/c25-20-8-4-7-19-22-14-26-15-27(22)21(24(19)20)13-23(28)18-11-9-17(10-12-18)16-5-2-1-3-6-16/h2,4-8,14-15,17-18,21H,1,3,9-13H2. The van der Waals surface area contributed by atoms with Crippen LogP contribution >= 0.6 is 0 Å². The van der Waals surface area contributed by atoms with Crippen LogP contribution in [-0.2, 0) is 4.79 Å². The largest absolute Gasteiger partial charge is 0.322 e. The maximum atomic E-state index is 14.6. The summed E-state index contributed by atoms with van der Waals surface area (Å²) in [6.45, 7) is 0. The first-order valence-corrected chi connectivity index (χ1v) is 10.4. The molecule has 1 atom stereocenters. The van der Waals surface area contributed by atoms with Crippen molar-refractivity contribution in [3.8, 4) is 11.3 Å². The van der Waals surface area contributed by atoms with E-state index >= 15 is 0 Å². The first kappa shape index (κ1) is 17.6. The van der Waals surface area contributed by atoms with Gasteiger partial charge in [-0.15, -0.1) is 0 Å². The summed E-state index contributed by atoms with van der Waals surface area (Å²) in [6, 6.07) is 4.88. The van der Waals surface area contributed by atoms with Crippen molar-refractivity contribution >= 4 is 5.78 Å². The summed E-state index contributed by atoms with van der Waals surface area (Å²) in [7, 11) is 0. The number of carbonyl (C=O) groups excluding carboxylic acids is 1. The molecule has 144 valence electrons. The van der Waals surface area contributed by atoms with E-state index in [9.17, 15) is 9.18 Å². The third-order valence-corrected chi connectivity index (χ3v) is 6.74. The predicted octanol–water partition coefficient (Wildman–Crippen LogP) is 5.63. The Morgan fingerprint density at radius 2 is 2.04 bits per heavy atom. The second-order valence-electron chi connectivity index (χ2n) is 8.31. The number of carbonyl (C=O) groups is 1. The zero-order chi connectivity index (χ0) is 19.1. The second-order valence-corrected chi connectivity index (χ2v) is 8.31. The highest BCUT2D eigenvalue weighted by molar-refractivity contribution is 5.83. The molecule has 2 heterocycles. The molecule has 2 aliphatic carbocycles. The van der Waals surface area contributed by atoms with E-state index in [4.69, 9.17) is 0 Å². The minimum absolute atomic E-state index is 0.104. The fourth-order valence-electron chi connectivity index (χ4n) is 5.24. The van der Waals surface area contributed by atoms with Gasteiger partial charge in [0.05, 0.1) is 24.3 Å². The van der Waals surface area contributed by atoms with Crippen molar-refractivity contribution in [3.63, 3.8) is 0 Å². The van der Waals surface area contributed by atoms with Gasteiger partial charge in [-0.2, -0.15) is 0 Å². The van der Waals surface area contributed by atoms with E-state index in [1.807, 2.05) is 10.6 Å². The normalized spacial score (nSPS) is 25.9. The fraction of sp³-hybridized carbons (Fsp3) is 0.417. The van der Waals surface area contributed by atoms with Gasteiger partial charge in [-0.25, -0.2) is 9.37 Å². The minimum Gasteiger partial charge on any atom is -0.322 e. The number of benzene rings is 1. The lowest BCUT2D eigenvalue weighted by Gasteiger charge is -2.30. The van der Waals surface area contributed by atoms with E-state index in [2.05, 4.69) is 23.2 Å². The number of fused-ring (bicyclic) bond motifs is 3. The van der Waals surface area contributed by atoms with Crippen LogP contribution in [0, 0.1) is 17.7 Å². The third kappa shape index (κ3) is 2.95. The second kappa shape index (κ2) is 7.16. The molecule has 1 aromatic carbocycles. The van der Waals surface area contributed by atoms with Crippen LogP contribution in [0.3, 0.4) is 0 Å². The molecule has 1 fully saturated rings. The molecule has 2 aromatic rings. The smallest absolute Gasteiger partial charge is 0.138 e. The number of nitrogens with zero attached hydrogens (tertiary/aromatic N) is 2. The summed E-state index contributed by atoms with van der Waals surface area (Å²) in [5.41, 5.74) is 3.90. The number of hydrogen-bond donors (Lipinski definition) is 0. The Labute approximate surface area is 165 Å². The summed E-state index contributed by atoms with van der Waals surface area (Å²) >= 11 is 0. The van der Waals surface area contributed by atoms with Gasteiger partial charge in [0.25, 0.3) is 0 Å². The lowest BCUT2D eigenvalue weighted by molar-refractivity contribution is -0.124. The van der Waals surface area contributed by atoms with Gasteiger partial charge in [-0.3, -0.25) is 4.79 Å². The molecule has 1 aliphatic heterocycles. The van der Waals surface area contributed by atoms with Crippen molar-refractivity contribution < 1.29 is 9.18 Å². The molecule has 0 N–H and O–H groups in total. The van der Waals surface area contributed by atoms with E-state index in [1.165, 1.54) is 11.6 Å². The van der Waals surface area contributed by atoms with E-state index in [-0.39, 0.29) is 23.6 Å². The first-order chi connectivity index (χ1) is 13.7. The molecule has 4 heteroatoms. The number of hydrogen-bond acceptors (Lipinski definition) is 2. The molecule has 0 bridgehead atoms. The van der Waals surface area contributed by atoms with Gasteiger partial charge in [0.1, 0.15) is 11.6 Å². The van der Waals surface area contributed by atoms with Crippen LogP contribution in [0.4, 0.5) is 4.39 Å². The van der Waals surface area contributed by atoms with Gasteiger partial charge >= 0.3 is 0 Å². The van der Waals surface area contributed by atoms with Crippen molar-refractivity contribution in [1.29, 1.82) is 0 Å². The van der Waals surface area contributed by atoms with E-state index in [1.54, 1.807) is 18.6 Å². The van der Waals surface area contributed by atoms with Crippen LogP contribution in [0.15, 0.2) is 54.5 Å². The van der Waals surface area contributed by atoms with Crippen molar-refractivity contribution in [2.24, 2.45) is 11.8 Å². The fourth-order valence-corrected chi connectivity index (χ4v) is 5.24. The average molecular weight is 376 g/mol. The molecule has 1 unspecified atom stereocenters. The van der Waals surface area contributed by atoms with Gasteiger partial charge in [0, 0.05) is 23.5 Å². The maximum Gasteiger partial charge on any atom is 0.138 e. The zero-order valence-electron chi connectivity index (χ0n) is 16.0. The Balaban J connectivity index is 1.30. The van der Waals surface area contributed by atoms with Gasteiger partial charge in [-0.05, 0) is 56.1 Å². The quantitative estimate of drug-likeness (QED) is 0.693. The summed E-state index contributed by atoms with van der Waals surface area (Å²) < 4.78 is 16.5. The highest BCUT2D eigenvalue weighted by atomic mass is 19.1. The van der Waals surface area contributed by atoms with Crippen LogP contribution in [0.2, 0.25) is 0 Å². The molecule has 28 heavy (non-hydrogen) atoms. The van der Waals surface area contributed by atoms with Crippen LogP contribution in [0.25, 0.3) is 11.3 Å². The maximum absolute atomic E-state index is 14.6. The van der Waals surface area contributed by atoms with Crippen LogP contribution in [-0.4, -0.2) is 15.3 Å². The van der Waals surface area contributed by atoms with Gasteiger partial charge in [0.15, 0.2) is 0 Å². The van der Waals surface area contributed by atoms with E-state index < -0.39 is 0 Å². The molecule has 5 rings (SSSR count). The Morgan fingerprint density at radius 1 is 1.18 bits per heavy atom. The summed E-state index contributed by atoms with van der Waals surface area (Å²) in [5, 5.41) is 0. The van der Waals surface area contributed by atoms with Crippen molar-refractivity contribution in [2.45, 2.75) is 51.0 Å². The van der Waals surface area contributed by atoms with E-state index in [0.717, 1.165) is 49.8 Å². The monoisotopic (exact) mass is 376 g/mol. The molecular formula is C24H25FN2O. The Kier molecular flexibility index (Phi) is 4.50. The van der Waals surface area contributed by atoms with Crippen LogP contribution < -0.4 is 0 Å². The van der Waals surface area contributed by atoms with Crippen molar-refractivity contribution in [3.05, 3.63) is 65.9 Å². The Hall–Kier alpha value is -2.49. The Bertz CT molecular complexity index is 963. The van der Waals surface area contributed by atoms with Gasteiger partial charge in [-0.1, -0.05) is 30.4 Å². The van der Waals surface area contributed by atoms with Crippen molar-refractivity contribution in [1.82, 2.24) is 9.55 Å². The number of rotatable bonds is 4. The summed E-state index contributed by atoms with van der Waals surface area (Å²) in [5.74, 6) is 0.754. The number of ketones is 1. The molecule has 3 nitrogen and oxygen atoms in total. The topological polar surface area (TPSA) is 34.9 Å². The van der Waals surface area contributed by atoms with Gasteiger partial charge < -0.3 is 4.57 Å². The molecule has 1 aromatic heterocycles. The molecular weight excluding hydrogens is 351 g/mol. The lowest BCUT2D eigenvalue weighted by atomic mass is 9.75. The number of imidazole rings is 1. The number of Topliss-reactive ketones (excluding diaryl/α,β-unsaturated/α-hetero) is 1. The molecule has 0 saturated heterocycles. The average Bonchev–Trinajstić information content (AvgIpc) is 3.32. The Morgan fingerprint density at radius 3 is 2.82 bits per heavy atom. The molecule has 0 amide bonds. The molecule has 0 spiro atoms. The zero-order valence-corrected chi connectivity index (χ0v) is 16.0. The van der Waals surface area contributed by atoms with E-state index in [0.29, 0.717) is 17.9 Å². The minimum atomic E-state index is -0.261. The summed E-state index contributed by atoms with van der Waals surface area (Å²) in [6.07, 6.45) is 17.1. The first-order valence-electron chi connectivity index (χ1n) is 10.4. The third-order valence-electron chi connectivity index (χ3n) is 6.74. The SMILES string of the molecule is O=C(CC1c2c(F)cccc2-c2cncn21)C1CCC(C2=CCCC=C2)CC1. The number of halogens is 1. The molecule has 3 aliphatic rings. The lowest BCUT2D eigenvalue weighted by Crippen LogP contribution is -2.25.